The lowest BCUT2D eigenvalue weighted by Crippen LogP contribution is -2.13. The average molecular weight is 366 g/mol. The zero-order valence-electron chi connectivity index (χ0n) is 11.1. The first-order valence-corrected chi connectivity index (χ1v) is 8.20. The fourth-order valence-corrected chi connectivity index (χ4v) is 3.54. The van der Waals surface area contributed by atoms with Crippen molar-refractivity contribution in [2.24, 2.45) is 0 Å². The Morgan fingerprint density at radius 1 is 1.24 bits per heavy atom. The van der Waals surface area contributed by atoms with Gasteiger partial charge in [-0.25, -0.2) is 8.42 Å². The van der Waals surface area contributed by atoms with Crippen LogP contribution in [0.2, 0.25) is 0 Å². The van der Waals surface area contributed by atoms with E-state index >= 15 is 0 Å². The summed E-state index contributed by atoms with van der Waals surface area (Å²) in [6, 6.07) is 11.2. The van der Waals surface area contributed by atoms with E-state index in [9.17, 15) is 8.42 Å². The summed E-state index contributed by atoms with van der Waals surface area (Å²) in [5.41, 5.74) is 7.59. The number of rotatable bonds is 3. The maximum absolute atomic E-state index is 12.3. The molecule has 0 fully saturated rings. The molecule has 0 radical (unpaired) electrons. The average Bonchev–Trinajstić information content (AvgIpc) is 2.42. The van der Waals surface area contributed by atoms with Crippen molar-refractivity contribution in [3.63, 3.8) is 0 Å². The predicted molar refractivity (Wildman–Crippen MR) is 85.3 cm³/mol. The van der Waals surface area contributed by atoms with Crippen LogP contribution in [0.3, 0.4) is 0 Å². The number of anilines is 2. The fourth-order valence-electron chi connectivity index (χ4n) is 1.75. The molecule has 0 unspecified atom stereocenters. The minimum atomic E-state index is -3.73. The lowest BCUT2D eigenvalue weighted by atomic mass is 10.1. The number of nitrogen functional groups attached to an aromatic ring is 1. The zero-order valence-corrected chi connectivity index (χ0v) is 13.5. The van der Waals surface area contributed by atoms with E-state index in [0.717, 1.165) is 0 Å². The van der Waals surface area contributed by atoms with E-state index in [0.29, 0.717) is 27.0 Å². The number of sulfonamides is 1. The summed E-state index contributed by atoms with van der Waals surface area (Å²) >= 11 is 3.26. The van der Waals surface area contributed by atoms with Gasteiger partial charge in [0.2, 0.25) is 0 Å². The summed E-state index contributed by atoms with van der Waals surface area (Å²) in [4.78, 5) is 0.0997. The maximum Gasteiger partial charge on any atom is 0.261 e. The molecule has 0 aliphatic heterocycles. The Morgan fingerprint density at radius 2 is 1.95 bits per heavy atom. The Morgan fingerprint density at radius 3 is 2.52 bits per heavy atom. The van der Waals surface area contributed by atoms with E-state index in [2.05, 4.69) is 20.7 Å². The third-order valence-electron chi connectivity index (χ3n) is 2.87. The quantitative estimate of drug-likeness (QED) is 0.817. The lowest BCUT2D eigenvalue weighted by molar-refractivity contribution is 0.601. The van der Waals surface area contributed by atoms with Crippen LogP contribution in [0.25, 0.3) is 0 Å². The molecule has 0 atom stereocenters. The molecule has 0 amide bonds. The lowest BCUT2D eigenvalue weighted by Gasteiger charge is -2.11. The summed E-state index contributed by atoms with van der Waals surface area (Å²) in [5.74, 6) is 0. The van der Waals surface area contributed by atoms with Crippen LogP contribution in [-0.4, -0.2) is 8.42 Å². The van der Waals surface area contributed by atoms with Crippen molar-refractivity contribution in [2.75, 3.05) is 10.5 Å². The summed E-state index contributed by atoms with van der Waals surface area (Å²) in [6.07, 6.45) is 0. The molecule has 5 nitrogen and oxygen atoms in total. The molecule has 0 saturated heterocycles. The summed E-state index contributed by atoms with van der Waals surface area (Å²) in [6.45, 7) is 1.69. The minimum Gasteiger partial charge on any atom is -0.399 e. The molecule has 2 aromatic carbocycles. The molecule has 0 saturated carbocycles. The van der Waals surface area contributed by atoms with Crippen molar-refractivity contribution in [3.05, 3.63) is 52.0 Å². The van der Waals surface area contributed by atoms with Crippen LogP contribution in [0.15, 0.2) is 45.8 Å². The van der Waals surface area contributed by atoms with Gasteiger partial charge >= 0.3 is 0 Å². The maximum atomic E-state index is 12.3. The molecular weight excluding hydrogens is 354 g/mol. The van der Waals surface area contributed by atoms with Crippen molar-refractivity contribution in [1.29, 1.82) is 5.26 Å². The van der Waals surface area contributed by atoms with Crippen LogP contribution in [0, 0.1) is 18.3 Å². The first kappa shape index (κ1) is 15.4. The van der Waals surface area contributed by atoms with Gasteiger partial charge in [-0.3, -0.25) is 4.72 Å². The Bertz CT molecular complexity index is 842. The molecule has 21 heavy (non-hydrogen) atoms. The SMILES string of the molecule is Cc1cc(S(=O)(=O)Nc2ccc(N)cc2Br)ccc1C#N. The zero-order chi connectivity index (χ0) is 15.6. The van der Waals surface area contributed by atoms with Crippen molar-refractivity contribution >= 4 is 37.3 Å². The van der Waals surface area contributed by atoms with Crippen molar-refractivity contribution in [3.8, 4) is 6.07 Å². The largest absolute Gasteiger partial charge is 0.399 e. The summed E-state index contributed by atoms with van der Waals surface area (Å²) in [5, 5.41) is 8.88. The van der Waals surface area contributed by atoms with E-state index in [4.69, 9.17) is 11.0 Å². The number of nitrogens with two attached hydrogens (primary N) is 1. The molecule has 2 rings (SSSR count). The molecule has 7 heteroatoms. The number of hydrogen-bond acceptors (Lipinski definition) is 4. The second kappa shape index (κ2) is 5.76. The van der Waals surface area contributed by atoms with Gasteiger partial charge in [0.1, 0.15) is 0 Å². The Balaban J connectivity index is 2.39. The van der Waals surface area contributed by atoms with Gasteiger partial charge in [0, 0.05) is 10.2 Å². The number of nitriles is 1. The van der Waals surface area contributed by atoms with E-state index in [-0.39, 0.29) is 4.90 Å². The summed E-state index contributed by atoms with van der Waals surface area (Å²) < 4.78 is 27.7. The molecule has 0 bridgehead atoms. The van der Waals surface area contributed by atoms with Crippen molar-refractivity contribution in [1.82, 2.24) is 0 Å². The highest BCUT2D eigenvalue weighted by Gasteiger charge is 2.16. The fraction of sp³-hybridized carbons (Fsp3) is 0.0714. The van der Waals surface area contributed by atoms with Crippen LogP contribution in [0.4, 0.5) is 11.4 Å². The van der Waals surface area contributed by atoms with Crippen LogP contribution in [0.1, 0.15) is 11.1 Å². The van der Waals surface area contributed by atoms with E-state index < -0.39 is 10.0 Å². The van der Waals surface area contributed by atoms with Gasteiger partial charge in [0.05, 0.1) is 22.2 Å². The molecule has 0 heterocycles. The van der Waals surface area contributed by atoms with Gasteiger partial charge in [0.15, 0.2) is 0 Å². The molecule has 0 aromatic heterocycles. The van der Waals surface area contributed by atoms with Gasteiger partial charge in [-0.1, -0.05) is 0 Å². The highest BCUT2D eigenvalue weighted by Crippen LogP contribution is 2.27. The number of nitrogens with zero attached hydrogens (tertiary/aromatic N) is 1. The van der Waals surface area contributed by atoms with E-state index in [1.165, 1.54) is 18.2 Å². The van der Waals surface area contributed by atoms with Crippen molar-refractivity contribution in [2.45, 2.75) is 11.8 Å². The molecular formula is C14H12BrN3O2S. The van der Waals surface area contributed by atoms with Gasteiger partial charge < -0.3 is 5.73 Å². The van der Waals surface area contributed by atoms with Gasteiger partial charge in [-0.05, 0) is 64.8 Å². The van der Waals surface area contributed by atoms with Gasteiger partial charge in [-0.2, -0.15) is 5.26 Å². The predicted octanol–water partition coefficient (Wildman–Crippen LogP) is 3.01. The Labute approximate surface area is 131 Å². The first-order chi connectivity index (χ1) is 9.83. The highest BCUT2D eigenvalue weighted by molar-refractivity contribution is 9.10. The normalized spacial score (nSPS) is 10.9. The Kier molecular flexibility index (Phi) is 4.21. The standard InChI is InChI=1S/C14H12BrN3O2S/c1-9-6-12(4-2-10(9)8-16)21(19,20)18-14-5-3-11(17)7-13(14)15/h2-7,18H,17H2,1H3. The molecule has 3 N–H and O–H groups in total. The number of hydrogen-bond donors (Lipinski definition) is 2. The van der Waals surface area contributed by atoms with Crippen molar-refractivity contribution < 1.29 is 8.42 Å². The molecule has 0 spiro atoms. The van der Waals surface area contributed by atoms with E-state index in [1.807, 2.05) is 6.07 Å². The van der Waals surface area contributed by atoms with E-state index in [1.54, 1.807) is 25.1 Å². The number of benzene rings is 2. The molecule has 0 aliphatic carbocycles. The van der Waals surface area contributed by atoms with Gasteiger partial charge in [0.25, 0.3) is 10.0 Å². The molecule has 0 aliphatic rings. The second-order valence-corrected chi connectivity index (χ2v) is 6.97. The van der Waals surface area contributed by atoms with Gasteiger partial charge in [-0.15, -0.1) is 0 Å². The number of nitrogens with one attached hydrogen (secondary N) is 1. The molecule has 2 aromatic rings. The minimum absolute atomic E-state index is 0.0997. The van der Waals surface area contributed by atoms with Crippen LogP contribution >= 0.6 is 15.9 Å². The third-order valence-corrected chi connectivity index (χ3v) is 4.89. The van der Waals surface area contributed by atoms with Crippen LogP contribution < -0.4 is 10.5 Å². The smallest absolute Gasteiger partial charge is 0.261 e. The van der Waals surface area contributed by atoms with Crippen LogP contribution in [-0.2, 0) is 10.0 Å². The highest BCUT2D eigenvalue weighted by atomic mass is 79.9. The topological polar surface area (TPSA) is 96.0 Å². The second-order valence-electron chi connectivity index (χ2n) is 4.43. The summed E-state index contributed by atoms with van der Waals surface area (Å²) in [7, 11) is -3.73. The Hall–Kier alpha value is -2.04. The third kappa shape index (κ3) is 3.35. The molecule has 108 valence electrons. The van der Waals surface area contributed by atoms with Crippen LogP contribution in [0.5, 0.6) is 0 Å². The number of halogens is 1. The monoisotopic (exact) mass is 365 g/mol. The first-order valence-electron chi connectivity index (χ1n) is 5.92. The number of aryl methyl sites for hydroxylation is 1.